The second kappa shape index (κ2) is 7.94. The van der Waals surface area contributed by atoms with Gasteiger partial charge >= 0.3 is 0 Å². The first-order chi connectivity index (χ1) is 10.0. The van der Waals surface area contributed by atoms with Gasteiger partial charge in [-0.2, -0.15) is 0 Å². The second-order valence-electron chi connectivity index (χ2n) is 4.92. The molecule has 1 atom stereocenters. The molecule has 1 aromatic carbocycles. The molecular formula is C15H17BrClN2OS+. The third kappa shape index (κ3) is 5.79. The van der Waals surface area contributed by atoms with E-state index in [1.807, 2.05) is 37.4 Å². The number of likely N-dealkylation sites (N-methyl/N-ethyl adjacent to an activating group) is 1. The van der Waals surface area contributed by atoms with Crippen LogP contribution < -0.4 is 10.2 Å². The van der Waals surface area contributed by atoms with E-state index in [0.717, 1.165) is 20.8 Å². The smallest absolute Gasteiger partial charge is 0.275 e. The standard InChI is InChI=1S/C15H16BrClN2OS/c1-19(9-13-5-6-14(16)21-13)10-15(20)18-8-11-3-2-4-12(17)7-11/h2-7H,8-10H2,1H3,(H,18,20)/p+1. The lowest BCUT2D eigenvalue weighted by molar-refractivity contribution is -0.885. The molecule has 2 rings (SSSR count). The molecule has 3 nitrogen and oxygen atoms in total. The molecular weight excluding hydrogens is 372 g/mol. The van der Waals surface area contributed by atoms with Crippen molar-refractivity contribution in [3.63, 3.8) is 0 Å². The van der Waals surface area contributed by atoms with Crippen LogP contribution in [0.3, 0.4) is 0 Å². The molecule has 0 bridgehead atoms. The van der Waals surface area contributed by atoms with Crippen molar-refractivity contribution in [3.8, 4) is 0 Å². The number of carbonyl (C=O) groups excluding carboxylic acids is 1. The fourth-order valence-electron chi connectivity index (χ4n) is 1.99. The fourth-order valence-corrected chi connectivity index (χ4v) is 3.80. The van der Waals surface area contributed by atoms with Crippen molar-refractivity contribution in [3.05, 3.63) is 55.6 Å². The molecule has 0 spiro atoms. The van der Waals surface area contributed by atoms with Crippen LogP contribution in [-0.2, 0) is 17.9 Å². The molecule has 2 N–H and O–H groups in total. The Morgan fingerprint density at radius 2 is 2.19 bits per heavy atom. The van der Waals surface area contributed by atoms with E-state index in [-0.39, 0.29) is 5.91 Å². The summed E-state index contributed by atoms with van der Waals surface area (Å²) in [5.41, 5.74) is 1.01. The molecule has 0 aliphatic carbocycles. The molecule has 0 radical (unpaired) electrons. The first kappa shape index (κ1) is 16.5. The average Bonchev–Trinajstić information content (AvgIpc) is 2.81. The van der Waals surface area contributed by atoms with Crippen molar-refractivity contribution < 1.29 is 9.69 Å². The number of halogens is 2. The fraction of sp³-hybridized carbons (Fsp3) is 0.267. The van der Waals surface area contributed by atoms with Gasteiger partial charge in [0.25, 0.3) is 5.91 Å². The highest BCUT2D eigenvalue weighted by Gasteiger charge is 2.11. The third-order valence-electron chi connectivity index (χ3n) is 2.95. The van der Waals surface area contributed by atoms with E-state index in [2.05, 4.69) is 27.3 Å². The highest BCUT2D eigenvalue weighted by molar-refractivity contribution is 9.11. The first-order valence-corrected chi connectivity index (χ1v) is 8.58. The van der Waals surface area contributed by atoms with Gasteiger partial charge in [-0.3, -0.25) is 4.79 Å². The Labute approximate surface area is 142 Å². The number of amides is 1. The zero-order valence-electron chi connectivity index (χ0n) is 11.7. The summed E-state index contributed by atoms with van der Waals surface area (Å²) in [5.74, 6) is 0.0445. The maximum Gasteiger partial charge on any atom is 0.275 e. The number of hydrogen-bond donors (Lipinski definition) is 2. The van der Waals surface area contributed by atoms with Crippen LogP contribution in [0.5, 0.6) is 0 Å². The van der Waals surface area contributed by atoms with Crippen LogP contribution in [-0.4, -0.2) is 19.5 Å². The van der Waals surface area contributed by atoms with Crippen molar-refractivity contribution in [2.75, 3.05) is 13.6 Å². The SMILES string of the molecule is C[NH+](CC(=O)NCc1cccc(Cl)c1)Cc1ccc(Br)s1. The number of rotatable bonds is 6. The van der Waals surface area contributed by atoms with E-state index in [1.165, 1.54) is 4.88 Å². The number of thiophene rings is 1. The molecule has 1 heterocycles. The zero-order chi connectivity index (χ0) is 15.2. The summed E-state index contributed by atoms with van der Waals surface area (Å²) in [7, 11) is 2.02. The lowest BCUT2D eigenvalue weighted by atomic mass is 10.2. The Kier molecular flexibility index (Phi) is 6.23. The molecule has 1 amide bonds. The Morgan fingerprint density at radius 1 is 1.38 bits per heavy atom. The summed E-state index contributed by atoms with van der Waals surface area (Å²) in [5, 5.41) is 3.61. The predicted octanol–water partition coefficient (Wildman–Crippen LogP) is 2.50. The maximum absolute atomic E-state index is 11.9. The van der Waals surface area contributed by atoms with Crippen molar-refractivity contribution in [2.24, 2.45) is 0 Å². The van der Waals surface area contributed by atoms with Crippen molar-refractivity contribution >= 4 is 44.8 Å². The molecule has 1 unspecified atom stereocenters. The monoisotopic (exact) mass is 387 g/mol. The van der Waals surface area contributed by atoms with Gasteiger partial charge in [0.2, 0.25) is 0 Å². The molecule has 112 valence electrons. The van der Waals surface area contributed by atoms with E-state index in [4.69, 9.17) is 11.6 Å². The quantitative estimate of drug-likeness (QED) is 0.783. The average molecular weight is 389 g/mol. The summed E-state index contributed by atoms with van der Waals surface area (Å²) in [4.78, 5) is 14.4. The largest absolute Gasteiger partial charge is 0.347 e. The summed E-state index contributed by atoms with van der Waals surface area (Å²) in [6, 6.07) is 11.6. The summed E-state index contributed by atoms with van der Waals surface area (Å²) >= 11 is 11.1. The highest BCUT2D eigenvalue weighted by atomic mass is 79.9. The van der Waals surface area contributed by atoms with Gasteiger partial charge in [0.15, 0.2) is 6.54 Å². The minimum absolute atomic E-state index is 0.0445. The Balaban J connectivity index is 1.76. The van der Waals surface area contributed by atoms with E-state index in [1.54, 1.807) is 11.3 Å². The minimum Gasteiger partial charge on any atom is -0.347 e. The maximum atomic E-state index is 11.9. The molecule has 21 heavy (non-hydrogen) atoms. The van der Waals surface area contributed by atoms with Gasteiger partial charge in [-0.25, -0.2) is 0 Å². The molecule has 0 saturated carbocycles. The zero-order valence-corrected chi connectivity index (χ0v) is 14.8. The van der Waals surface area contributed by atoms with Gasteiger partial charge < -0.3 is 10.2 Å². The van der Waals surface area contributed by atoms with Crippen LogP contribution >= 0.6 is 38.9 Å². The normalized spacial score (nSPS) is 12.1. The van der Waals surface area contributed by atoms with E-state index in [0.29, 0.717) is 18.1 Å². The molecule has 2 aromatic rings. The highest BCUT2D eigenvalue weighted by Crippen LogP contribution is 2.21. The van der Waals surface area contributed by atoms with E-state index in [9.17, 15) is 4.79 Å². The number of hydrogen-bond acceptors (Lipinski definition) is 2. The first-order valence-electron chi connectivity index (χ1n) is 6.59. The molecule has 1 aromatic heterocycles. The molecule has 0 fully saturated rings. The molecule has 0 aliphatic rings. The van der Waals surface area contributed by atoms with Crippen LogP contribution in [0, 0.1) is 0 Å². The van der Waals surface area contributed by atoms with Crippen LogP contribution in [0.1, 0.15) is 10.4 Å². The predicted molar refractivity (Wildman–Crippen MR) is 90.8 cm³/mol. The lowest BCUT2D eigenvalue weighted by Crippen LogP contribution is -3.08. The van der Waals surface area contributed by atoms with E-state index < -0.39 is 0 Å². The lowest BCUT2D eigenvalue weighted by Gasteiger charge is -2.13. The topological polar surface area (TPSA) is 33.5 Å². The van der Waals surface area contributed by atoms with Crippen molar-refractivity contribution in [1.82, 2.24) is 5.32 Å². The number of quaternary nitrogens is 1. The van der Waals surface area contributed by atoms with Crippen LogP contribution in [0.15, 0.2) is 40.2 Å². The summed E-state index contributed by atoms with van der Waals surface area (Å²) < 4.78 is 1.12. The number of carbonyl (C=O) groups is 1. The van der Waals surface area contributed by atoms with Crippen molar-refractivity contribution in [1.29, 1.82) is 0 Å². The van der Waals surface area contributed by atoms with Crippen molar-refractivity contribution in [2.45, 2.75) is 13.1 Å². The van der Waals surface area contributed by atoms with Gasteiger partial charge in [-0.1, -0.05) is 23.7 Å². The van der Waals surface area contributed by atoms with Gasteiger partial charge in [-0.05, 0) is 45.8 Å². The van der Waals surface area contributed by atoms with Gasteiger partial charge in [0.05, 0.1) is 15.7 Å². The van der Waals surface area contributed by atoms with E-state index >= 15 is 0 Å². The molecule has 6 heteroatoms. The summed E-state index contributed by atoms with van der Waals surface area (Å²) in [6.07, 6.45) is 0. The van der Waals surface area contributed by atoms with Crippen LogP contribution in [0.2, 0.25) is 5.02 Å². The number of benzene rings is 1. The minimum atomic E-state index is 0.0445. The van der Waals surface area contributed by atoms with Gasteiger partial charge in [0.1, 0.15) is 6.54 Å². The molecule has 0 aliphatic heterocycles. The summed E-state index contributed by atoms with van der Waals surface area (Å²) in [6.45, 7) is 1.81. The van der Waals surface area contributed by atoms with Gasteiger partial charge in [0, 0.05) is 11.6 Å². The second-order valence-corrected chi connectivity index (χ2v) is 7.91. The Hall–Kier alpha value is -0.880. The Morgan fingerprint density at radius 3 is 2.86 bits per heavy atom. The molecule has 0 saturated heterocycles. The third-order valence-corrected chi connectivity index (χ3v) is 4.80. The van der Waals surface area contributed by atoms with Crippen LogP contribution in [0.4, 0.5) is 0 Å². The Bertz CT molecular complexity index is 617. The number of nitrogens with one attached hydrogen (secondary N) is 2. The van der Waals surface area contributed by atoms with Gasteiger partial charge in [-0.15, -0.1) is 11.3 Å². The van der Waals surface area contributed by atoms with Crippen LogP contribution in [0.25, 0.3) is 0 Å².